The van der Waals surface area contributed by atoms with Gasteiger partial charge < -0.3 is 19.1 Å². The average Bonchev–Trinajstić information content (AvgIpc) is 2.78. The number of benzene rings is 1. The van der Waals surface area contributed by atoms with Crippen molar-refractivity contribution in [3.05, 3.63) is 41.6 Å². The van der Waals surface area contributed by atoms with Crippen LogP contribution in [0.2, 0.25) is 0 Å². The maximum absolute atomic E-state index is 12.2. The summed E-state index contributed by atoms with van der Waals surface area (Å²) in [6.07, 6.45) is 0. The van der Waals surface area contributed by atoms with E-state index >= 15 is 0 Å². The summed E-state index contributed by atoms with van der Waals surface area (Å²) < 4.78 is 11.1. The molecule has 0 amide bonds. The topological polar surface area (TPSA) is 77.8 Å². The second kappa shape index (κ2) is 6.34. The molecule has 0 radical (unpaired) electrons. The zero-order chi connectivity index (χ0) is 16.3. The molecule has 0 saturated heterocycles. The smallest absolute Gasteiger partial charge is 0.358 e. The molecule has 1 N–H and O–H groups in total. The normalized spacial score (nSPS) is 10.3. The number of hydrogen-bond donors (Lipinski definition) is 1. The van der Waals surface area contributed by atoms with Gasteiger partial charge in [-0.15, -0.1) is 0 Å². The second-order valence-electron chi connectivity index (χ2n) is 4.56. The lowest BCUT2D eigenvalue weighted by Crippen LogP contribution is -2.08. The van der Waals surface area contributed by atoms with Crippen LogP contribution >= 0.6 is 0 Å². The van der Waals surface area contributed by atoms with Crippen molar-refractivity contribution in [3.63, 3.8) is 0 Å². The Hall–Kier alpha value is -2.76. The van der Waals surface area contributed by atoms with Gasteiger partial charge in [-0.2, -0.15) is 0 Å². The Balaban J connectivity index is 2.75. The second-order valence-corrected chi connectivity index (χ2v) is 4.56. The van der Waals surface area contributed by atoms with Gasteiger partial charge in [0.05, 0.1) is 19.4 Å². The Kier molecular flexibility index (Phi) is 4.50. The Morgan fingerprint density at radius 2 is 1.82 bits per heavy atom. The van der Waals surface area contributed by atoms with Crippen molar-refractivity contribution < 1.29 is 24.2 Å². The fourth-order valence-corrected chi connectivity index (χ4v) is 2.33. The van der Waals surface area contributed by atoms with Crippen LogP contribution in [-0.2, 0) is 16.5 Å². The first-order valence-electron chi connectivity index (χ1n) is 6.75. The van der Waals surface area contributed by atoms with E-state index in [1.807, 2.05) is 6.07 Å². The number of nitrogens with zero attached hydrogens (tertiary/aromatic N) is 1. The van der Waals surface area contributed by atoms with E-state index in [0.29, 0.717) is 11.3 Å². The van der Waals surface area contributed by atoms with Crippen LogP contribution in [0.25, 0.3) is 11.3 Å². The summed E-state index contributed by atoms with van der Waals surface area (Å²) in [4.78, 5) is 24.1. The summed E-state index contributed by atoms with van der Waals surface area (Å²) in [5, 5.41) is 10.3. The fourth-order valence-electron chi connectivity index (χ4n) is 2.33. The van der Waals surface area contributed by atoms with Crippen LogP contribution in [0.5, 0.6) is 5.75 Å². The highest BCUT2D eigenvalue weighted by molar-refractivity contribution is 6.05. The van der Waals surface area contributed by atoms with Crippen LogP contribution in [-0.4, -0.2) is 35.3 Å². The first-order chi connectivity index (χ1) is 10.5. The molecule has 2 rings (SSSR count). The van der Waals surface area contributed by atoms with Gasteiger partial charge in [0.15, 0.2) is 11.4 Å². The molecule has 1 aromatic heterocycles. The van der Waals surface area contributed by atoms with E-state index in [2.05, 4.69) is 4.74 Å². The minimum absolute atomic E-state index is 0.0454. The summed E-state index contributed by atoms with van der Waals surface area (Å²) in [6.45, 7) is 1.83. The van der Waals surface area contributed by atoms with E-state index in [1.165, 1.54) is 11.7 Å². The zero-order valence-corrected chi connectivity index (χ0v) is 12.6. The van der Waals surface area contributed by atoms with Crippen LogP contribution < -0.4 is 0 Å². The van der Waals surface area contributed by atoms with Crippen molar-refractivity contribution in [1.29, 1.82) is 0 Å². The Morgan fingerprint density at radius 1 is 1.18 bits per heavy atom. The number of hydrogen-bond acceptors (Lipinski definition) is 5. The predicted molar refractivity (Wildman–Crippen MR) is 79.8 cm³/mol. The minimum atomic E-state index is -0.729. The lowest BCUT2D eigenvalue weighted by atomic mass is 10.1. The van der Waals surface area contributed by atoms with Gasteiger partial charge >= 0.3 is 11.9 Å². The first-order valence-corrected chi connectivity index (χ1v) is 6.75. The average molecular weight is 303 g/mol. The summed E-state index contributed by atoms with van der Waals surface area (Å²) in [6, 6.07) is 8.98. The van der Waals surface area contributed by atoms with E-state index in [4.69, 9.17) is 4.74 Å². The maximum Gasteiger partial charge on any atom is 0.358 e. The van der Waals surface area contributed by atoms with E-state index in [1.54, 1.807) is 38.2 Å². The van der Waals surface area contributed by atoms with E-state index < -0.39 is 17.7 Å². The summed E-state index contributed by atoms with van der Waals surface area (Å²) in [5.41, 5.74) is 0.941. The summed E-state index contributed by atoms with van der Waals surface area (Å²) in [7, 11) is 2.79. The molecular formula is C16H17NO5. The highest BCUT2D eigenvalue weighted by Gasteiger charge is 2.31. The van der Waals surface area contributed by atoms with Crippen LogP contribution in [0, 0.1) is 0 Å². The van der Waals surface area contributed by atoms with Crippen LogP contribution in [0.15, 0.2) is 30.3 Å². The summed E-state index contributed by atoms with van der Waals surface area (Å²) >= 11 is 0. The molecule has 116 valence electrons. The molecule has 0 fully saturated rings. The van der Waals surface area contributed by atoms with Crippen LogP contribution in [0.1, 0.15) is 27.8 Å². The van der Waals surface area contributed by atoms with Gasteiger partial charge in [-0.3, -0.25) is 0 Å². The van der Waals surface area contributed by atoms with Crippen molar-refractivity contribution in [3.8, 4) is 17.0 Å². The third-order valence-electron chi connectivity index (χ3n) is 3.27. The van der Waals surface area contributed by atoms with Gasteiger partial charge in [-0.05, 0) is 12.5 Å². The standard InChI is InChI=1S/C16H17NO5/c1-4-22-15(19)11-12(10-8-6-5-7-9-10)17(2)13(14(11)18)16(20)21-3/h5-9,18H,4H2,1-3H3. The number of esters is 2. The van der Waals surface area contributed by atoms with Crippen molar-refractivity contribution in [2.24, 2.45) is 7.05 Å². The SMILES string of the molecule is CCOC(=O)c1c(O)c(C(=O)OC)n(C)c1-c1ccccc1. The highest BCUT2D eigenvalue weighted by atomic mass is 16.5. The number of rotatable bonds is 4. The van der Waals surface area contributed by atoms with Gasteiger partial charge in [-0.1, -0.05) is 30.3 Å². The molecule has 6 nitrogen and oxygen atoms in total. The molecule has 22 heavy (non-hydrogen) atoms. The Bertz CT molecular complexity index is 703. The van der Waals surface area contributed by atoms with E-state index in [9.17, 15) is 14.7 Å². The summed E-state index contributed by atoms with van der Waals surface area (Å²) in [5.74, 6) is -1.86. The number of aromatic hydroxyl groups is 1. The lowest BCUT2D eigenvalue weighted by molar-refractivity contribution is 0.0524. The molecule has 0 bridgehead atoms. The predicted octanol–water partition coefficient (Wildman–Crippen LogP) is 2.36. The van der Waals surface area contributed by atoms with Gasteiger partial charge in [0.1, 0.15) is 5.56 Å². The van der Waals surface area contributed by atoms with E-state index in [0.717, 1.165) is 0 Å². The highest BCUT2D eigenvalue weighted by Crippen LogP contribution is 2.36. The molecule has 2 aromatic rings. The lowest BCUT2D eigenvalue weighted by Gasteiger charge is -2.08. The van der Waals surface area contributed by atoms with Crippen LogP contribution in [0.4, 0.5) is 0 Å². The molecule has 0 aliphatic carbocycles. The largest absolute Gasteiger partial charge is 0.505 e. The molecular weight excluding hydrogens is 286 g/mol. The number of methoxy groups -OCH3 is 1. The van der Waals surface area contributed by atoms with Gasteiger partial charge in [0.25, 0.3) is 0 Å². The quantitative estimate of drug-likeness (QED) is 0.877. The third kappa shape index (κ3) is 2.55. The van der Waals surface area contributed by atoms with Crippen LogP contribution in [0.3, 0.4) is 0 Å². The Labute approximate surface area is 127 Å². The number of aromatic nitrogens is 1. The van der Waals surface area contributed by atoms with Crippen molar-refractivity contribution >= 4 is 11.9 Å². The Morgan fingerprint density at radius 3 is 2.36 bits per heavy atom. The van der Waals surface area contributed by atoms with Crippen molar-refractivity contribution in [1.82, 2.24) is 4.57 Å². The van der Waals surface area contributed by atoms with Gasteiger partial charge in [-0.25, -0.2) is 9.59 Å². The third-order valence-corrected chi connectivity index (χ3v) is 3.27. The zero-order valence-electron chi connectivity index (χ0n) is 12.6. The number of carbonyl (C=O) groups excluding carboxylic acids is 2. The molecule has 0 atom stereocenters. The number of ether oxygens (including phenoxy) is 2. The molecule has 0 saturated carbocycles. The van der Waals surface area contributed by atoms with E-state index in [-0.39, 0.29) is 17.9 Å². The van der Waals surface area contributed by atoms with Gasteiger partial charge in [0.2, 0.25) is 0 Å². The molecule has 0 aliphatic heterocycles. The molecule has 1 aromatic carbocycles. The first kappa shape index (κ1) is 15.6. The minimum Gasteiger partial charge on any atom is -0.505 e. The maximum atomic E-state index is 12.2. The monoisotopic (exact) mass is 303 g/mol. The molecule has 0 unspecified atom stereocenters. The van der Waals surface area contributed by atoms with Gasteiger partial charge in [0, 0.05) is 7.05 Å². The fraction of sp³-hybridized carbons (Fsp3) is 0.250. The van der Waals surface area contributed by atoms with Crippen molar-refractivity contribution in [2.45, 2.75) is 6.92 Å². The molecule has 6 heteroatoms. The molecule has 0 spiro atoms. The molecule has 1 heterocycles. The van der Waals surface area contributed by atoms with Crippen molar-refractivity contribution in [2.75, 3.05) is 13.7 Å². The number of carbonyl (C=O) groups is 2. The molecule has 0 aliphatic rings.